The molecule has 0 saturated carbocycles. The van der Waals surface area contributed by atoms with E-state index in [0.29, 0.717) is 0 Å². The van der Waals surface area contributed by atoms with Crippen LogP contribution in [-0.2, 0) is 0 Å². The number of rotatable bonds is 1. The Balaban J connectivity index is 2.83. The molecule has 29 valence electrons. The molecule has 0 rings (SSSR count). The van der Waals surface area contributed by atoms with E-state index in [1.54, 1.807) is 0 Å². The van der Waals surface area contributed by atoms with Crippen LogP contribution in [0.4, 0.5) is 0 Å². The van der Waals surface area contributed by atoms with Crippen molar-refractivity contribution >= 4 is 6.21 Å². The molecule has 0 bridgehead atoms. The van der Waals surface area contributed by atoms with Gasteiger partial charge in [0.25, 0.3) is 0 Å². The average molecular weight is 70.1 g/mol. The molecule has 1 unspecified atom stereocenters. The molecule has 0 saturated heterocycles. The minimum atomic E-state index is 0.176. The van der Waals surface area contributed by atoms with Crippen LogP contribution in [-0.4, -0.2) is 6.21 Å². The van der Waals surface area contributed by atoms with Crippen molar-refractivity contribution in [1.29, 1.82) is 5.41 Å². The second kappa shape index (κ2) is 1.94. The molecular formula is C4H8N. The van der Waals surface area contributed by atoms with Gasteiger partial charge < -0.3 is 5.41 Å². The van der Waals surface area contributed by atoms with Crippen molar-refractivity contribution in [2.24, 2.45) is 5.92 Å². The van der Waals surface area contributed by atoms with E-state index in [9.17, 15) is 0 Å². The van der Waals surface area contributed by atoms with Crippen molar-refractivity contribution in [3.8, 4) is 0 Å². The fraction of sp³-hybridized carbons (Fsp3) is 0.500. The zero-order chi connectivity index (χ0) is 4.28. The lowest BCUT2D eigenvalue weighted by Crippen LogP contribution is -1.82. The summed E-state index contributed by atoms with van der Waals surface area (Å²) in [6, 6.07) is 0. The molecule has 0 aromatic heterocycles. The Morgan fingerprint density at radius 1 is 2.00 bits per heavy atom. The first-order valence-electron chi connectivity index (χ1n) is 1.61. The molecule has 0 amide bonds. The predicted molar refractivity (Wildman–Crippen MR) is 23.3 cm³/mol. The van der Waals surface area contributed by atoms with Crippen LogP contribution in [0.25, 0.3) is 0 Å². The number of hydrogen-bond acceptors (Lipinski definition) is 1. The fourth-order valence-electron chi connectivity index (χ4n) is 0. The molecule has 0 aromatic rings. The van der Waals surface area contributed by atoms with Gasteiger partial charge in [0.2, 0.25) is 0 Å². The monoisotopic (exact) mass is 70.1 g/mol. The van der Waals surface area contributed by atoms with Crippen LogP contribution in [0.3, 0.4) is 0 Å². The lowest BCUT2D eigenvalue weighted by Gasteiger charge is -1.82. The van der Waals surface area contributed by atoms with Crippen molar-refractivity contribution < 1.29 is 0 Å². The Hall–Kier alpha value is -0.330. The van der Waals surface area contributed by atoms with Gasteiger partial charge in [0.1, 0.15) is 0 Å². The first-order chi connectivity index (χ1) is 2.27. The van der Waals surface area contributed by atoms with E-state index in [1.807, 2.05) is 6.92 Å². The number of hydrogen-bond donors (Lipinski definition) is 1. The fourth-order valence-corrected chi connectivity index (χ4v) is 0. The van der Waals surface area contributed by atoms with Gasteiger partial charge in [0, 0.05) is 0 Å². The van der Waals surface area contributed by atoms with Gasteiger partial charge in [-0.1, -0.05) is 6.92 Å². The van der Waals surface area contributed by atoms with E-state index in [2.05, 4.69) is 6.92 Å². The third-order valence-electron chi connectivity index (χ3n) is 0.285. The molecule has 5 heavy (non-hydrogen) atoms. The van der Waals surface area contributed by atoms with Gasteiger partial charge in [-0.15, -0.1) is 0 Å². The molecule has 0 spiro atoms. The first kappa shape index (κ1) is 4.67. The Kier molecular flexibility index (Phi) is 1.81. The topological polar surface area (TPSA) is 23.9 Å². The van der Waals surface area contributed by atoms with Crippen LogP contribution < -0.4 is 0 Å². The van der Waals surface area contributed by atoms with Crippen LogP contribution in [0.2, 0.25) is 0 Å². The molecular weight excluding hydrogens is 62.1 g/mol. The quantitative estimate of drug-likeness (QED) is 0.447. The second-order valence-corrected chi connectivity index (χ2v) is 1.14. The lowest BCUT2D eigenvalue weighted by molar-refractivity contribution is 1.01. The highest BCUT2D eigenvalue weighted by molar-refractivity contribution is 5.56. The van der Waals surface area contributed by atoms with Gasteiger partial charge in [-0.2, -0.15) is 0 Å². The standard InChI is InChI=1S/C4H8N/c1-4(2)3-5/h3-5H,1H2,2H3. The number of nitrogens with one attached hydrogen (secondary N) is 1. The highest BCUT2D eigenvalue weighted by atomic mass is 14.3. The van der Waals surface area contributed by atoms with E-state index in [1.165, 1.54) is 6.21 Å². The predicted octanol–water partition coefficient (Wildman–Crippen LogP) is 1.11. The van der Waals surface area contributed by atoms with Crippen LogP contribution in [0, 0.1) is 18.3 Å². The Morgan fingerprint density at radius 3 is 2.20 bits per heavy atom. The van der Waals surface area contributed by atoms with E-state index in [4.69, 9.17) is 5.41 Å². The molecule has 1 radical (unpaired) electrons. The molecule has 1 nitrogen and oxygen atoms in total. The van der Waals surface area contributed by atoms with E-state index < -0.39 is 0 Å². The molecule has 1 heteroatoms. The van der Waals surface area contributed by atoms with Crippen molar-refractivity contribution in [1.82, 2.24) is 0 Å². The lowest BCUT2D eigenvalue weighted by atomic mass is 10.3. The van der Waals surface area contributed by atoms with Gasteiger partial charge in [-0.3, -0.25) is 0 Å². The summed E-state index contributed by atoms with van der Waals surface area (Å²) in [5.41, 5.74) is 0. The van der Waals surface area contributed by atoms with Crippen LogP contribution in [0.15, 0.2) is 0 Å². The third kappa shape index (κ3) is 3.67. The summed E-state index contributed by atoms with van der Waals surface area (Å²) in [5.74, 6) is 0.176. The molecule has 0 heterocycles. The van der Waals surface area contributed by atoms with E-state index in [0.717, 1.165) is 0 Å². The molecule has 1 atom stereocenters. The van der Waals surface area contributed by atoms with E-state index in [-0.39, 0.29) is 5.92 Å². The smallest absolute Gasteiger partial charge is 0.00195 e. The second-order valence-electron chi connectivity index (χ2n) is 1.14. The molecule has 0 aliphatic rings. The summed E-state index contributed by atoms with van der Waals surface area (Å²) in [4.78, 5) is 0. The van der Waals surface area contributed by atoms with Crippen LogP contribution in [0.1, 0.15) is 6.92 Å². The van der Waals surface area contributed by atoms with E-state index >= 15 is 0 Å². The highest BCUT2D eigenvalue weighted by Gasteiger charge is 1.76. The van der Waals surface area contributed by atoms with Crippen molar-refractivity contribution in [3.63, 3.8) is 0 Å². The van der Waals surface area contributed by atoms with Gasteiger partial charge in [0.15, 0.2) is 0 Å². The van der Waals surface area contributed by atoms with Crippen molar-refractivity contribution in [3.05, 3.63) is 6.92 Å². The maximum absolute atomic E-state index is 6.47. The van der Waals surface area contributed by atoms with Crippen molar-refractivity contribution in [2.75, 3.05) is 0 Å². The summed E-state index contributed by atoms with van der Waals surface area (Å²) in [7, 11) is 0. The minimum absolute atomic E-state index is 0.176. The normalized spacial score (nSPS) is 8.60. The maximum atomic E-state index is 6.47. The summed E-state index contributed by atoms with van der Waals surface area (Å²) >= 11 is 0. The molecule has 1 N–H and O–H groups in total. The van der Waals surface area contributed by atoms with Gasteiger partial charge in [-0.05, 0) is 19.1 Å². The Bertz CT molecular complexity index is 30.6. The van der Waals surface area contributed by atoms with Crippen molar-refractivity contribution in [2.45, 2.75) is 6.92 Å². The van der Waals surface area contributed by atoms with Crippen LogP contribution >= 0.6 is 0 Å². The molecule has 0 aliphatic heterocycles. The highest BCUT2D eigenvalue weighted by Crippen LogP contribution is 1.78. The first-order valence-corrected chi connectivity index (χ1v) is 1.61. The Morgan fingerprint density at radius 2 is 2.20 bits per heavy atom. The maximum Gasteiger partial charge on any atom is -0.00195 e. The van der Waals surface area contributed by atoms with Crippen LogP contribution in [0.5, 0.6) is 0 Å². The SMILES string of the molecule is [CH2]C(C)C=N. The molecule has 0 aromatic carbocycles. The zero-order valence-corrected chi connectivity index (χ0v) is 3.36. The summed E-state index contributed by atoms with van der Waals surface area (Å²) in [5, 5.41) is 6.47. The van der Waals surface area contributed by atoms with Gasteiger partial charge in [0.05, 0.1) is 0 Å². The molecule has 0 aliphatic carbocycles. The van der Waals surface area contributed by atoms with Gasteiger partial charge in [-0.25, -0.2) is 0 Å². The molecule has 0 fully saturated rings. The minimum Gasteiger partial charge on any atom is -0.313 e. The zero-order valence-electron chi connectivity index (χ0n) is 3.36. The largest absolute Gasteiger partial charge is 0.313 e. The van der Waals surface area contributed by atoms with Gasteiger partial charge >= 0.3 is 0 Å². The summed E-state index contributed by atoms with van der Waals surface area (Å²) in [6.45, 7) is 5.38. The third-order valence-corrected chi connectivity index (χ3v) is 0.285. The average Bonchev–Trinajstić information content (AvgIpc) is 1.38. The Labute approximate surface area is 32.5 Å². The summed E-state index contributed by atoms with van der Waals surface area (Å²) < 4.78 is 0. The summed E-state index contributed by atoms with van der Waals surface area (Å²) in [6.07, 6.45) is 1.31.